The minimum Gasteiger partial charge on any atom is -0.474 e. The van der Waals surface area contributed by atoms with E-state index in [9.17, 15) is 18.0 Å². The second-order valence-corrected chi connectivity index (χ2v) is 6.02. The first-order valence-corrected chi connectivity index (χ1v) is 10.2. The number of hydrogen-bond donors (Lipinski definition) is 2. The monoisotopic (exact) mass is 479 g/mol. The third kappa shape index (κ3) is 11.1. The average molecular weight is 480 g/mol. The molecule has 0 radical (unpaired) electrons. The minimum atomic E-state index is -4.51. The molecule has 2 aromatic rings. The van der Waals surface area contributed by atoms with Crippen molar-refractivity contribution in [1.29, 1.82) is 0 Å². The maximum absolute atomic E-state index is 12.9. The molecule has 5 nitrogen and oxygen atoms in total. The van der Waals surface area contributed by atoms with Gasteiger partial charge in [0.15, 0.2) is 0 Å². The fraction of sp³-hybridized carbons (Fsp3) is 0.333. The van der Waals surface area contributed by atoms with Crippen LogP contribution in [0.1, 0.15) is 24.2 Å². The molecule has 0 saturated heterocycles. The third-order valence-corrected chi connectivity index (χ3v) is 3.65. The van der Waals surface area contributed by atoms with Gasteiger partial charge < -0.3 is 19.6 Å². The van der Waals surface area contributed by atoms with Gasteiger partial charge >= 0.3 is 12.1 Å². The number of aldehydes is 1. The molecule has 0 aliphatic heterocycles. The van der Waals surface area contributed by atoms with Crippen molar-refractivity contribution in [2.24, 2.45) is 0 Å². The topological polar surface area (TPSA) is 64.6 Å². The zero-order valence-corrected chi connectivity index (χ0v) is 18.9. The van der Waals surface area contributed by atoms with E-state index in [0.717, 1.165) is 18.4 Å². The zero-order valence-electron chi connectivity index (χ0n) is 17.3. The van der Waals surface area contributed by atoms with Crippen molar-refractivity contribution in [1.82, 2.24) is 5.32 Å². The first-order chi connectivity index (χ1) is 14.7. The van der Waals surface area contributed by atoms with E-state index in [0.29, 0.717) is 17.1 Å². The first-order valence-electron chi connectivity index (χ1n) is 8.98. The van der Waals surface area contributed by atoms with E-state index in [2.05, 4.69) is 17.9 Å². The van der Waals surface area contributed by atoms with Crippen molar-refractivity contribution in [2.75, 3.05) is 26.5 Å². The summed E-state index contributed by atoms with van der Waals surface area (Å²) in [5.41, 5.74) is -0.449. The molecule has 0 spiro atoms. The molecule has 1 unspecified atom stereocenters. The van der Waals surface area contributed by atoms with Gasteiger partial charge in [0.1, 0.15) is 18.6 Å². The largest absolute Gasteiger partial charge is 0.474 e. The fourth-order valence-corrected chi connectivity index (χ4v) is 2.23. The number of nitrogens with one attached hydrogen (secondary N) is 1. The molecule has 31 heavy (non-hydrogen) atoms. The molecule has 0 aliphatic carbocycles. The molecule has 1 atom stereocenters. The van der Waals surface area contributed by atoms with Gasteiger partial charge in [0, 0.05) is 17.1 Å². The van der Waals surface area contributed by atoms with Crippen molar-refractivity contribution in [3.63, 3.8) is 0 Å². The summed E-state index contributed by atoms with van der Waals surface area (Å²) in [5, 5.41) is 3.28. The van der Waals surface area contributed by atoms with Crippen molar-refractivity contribution in [3.05, 3.63) is 64.7 Å². The van der Waals surface area contributed by atoms with Crippen LogP contribution in [0.15, 0.2) is 48.5 Å². The lowest BCUT2D eigenvalue weighted by atomic mass is 10.1. The van der Waals surface area contributed by atoms with Crippen LogP contribution in [0.2, 0.25) is 5.02 Å². The van der Waals surface area contributed by atoms with Crippen molar-refractivity contribution in [2.45, 2.75) is 19.2 Å². The van der Waals surface area contributed by atoms with E-state index in [1.807, 2.05) is 0 Å². The van der Waals surface area contributed by atoms with Gasteiger partial charge in [0.25, 0.3) is 0 Å². The summed E-state index contributed by atoms with van der Waals surface area (Å²) >= 11 is 9.37. The Morgan fingerprint density at radius 1 is 1.19 bits per heavy atom. The number of benzene rings is 2. The summed E-state index contributed by atoms with van der Waals surface area (Å²) in [7, 11) is 1.70. The Bertz CT molecular complexity index is 789. The lowest BCUT2D eigenvalue weighted by molar-refractivity contribution is -0.152. The van der Waals surface area contributed by atoms with Crippen LogP contribution in [0.3, 0.4) is 0 Å². The highest BCUT2D eigenvalue weighted by Crippen LogP contribution is 2.33. The summed E-state index contributed by atoms with van der Waals surface area (Å²) in [6, 6.07) is 10.5. The summed E-state index contributed by atoms with van der Waals surface area (Å²) in [5.74, 6) is -0.801. The number of carbonyl (C=O) groups is 2. The Morgan fingerprint density at radius 3 is 2.29 bits per heavy atom. The number of thiol groups is 1. The van der Waals surface area contributed by atoms with Gasteiger partial charge in [-0.1, -0.05) is 29.8 Å². The normalized spacial score (nSPS) is 11.1. The summed E-state index contributed by atoms with van der Waals surface area (Å²) < 4.78 is 49.3. The Balaban J connectivity index is 0.00000165. The number of hydrogen-bond acceptors (Lipinski definition) is 6. The molecule has 2 rings (SSSR count). The number of esters is 1. The number of likely N-dealkylation sites (N-methyl/N-ethyl adjacent to an activating group) is 1. The highest BCUT2D eigenvalue weighted by Gasteiger charge is 2.31. The van der Waals surface area contributed by atoms with Crippen molar-refractivity contribution in [3.8, 4) is 5.75 Å². The molecule has 0 heterocycles. The number of rotatable bonds is 7. The second kappa shape index (κ2) is 15.6. The molecule has 10 heteroatoms. The molecule has 0 amide bonds. The SMILES string of the molecule is CC=O.CNCCOC(=O)C(Oc1cccc(C(F)(F)F)c1)c1ccc(Cl)cc1.CS. The van der Waals surface area contributed by atoms with Crippen LogP contribution in [0.5, 0.6) is 5.75 Å². The lowest BCUT2D eigenvalue weighted by Crippen LogP contribution is -2.25. The highest BCUT2D eigenvalue weighted by atomic mass is 35.5. The molecule has 0 saturated carbocycles. The summed E-state index contributed by atoms with van der Waals surface area (Å²) in [4.78, 5) is 21.2. The number of carbonyl (C=O) groups excluding carboxylic acids is 2. The number of alkyl halides is 3. The van der Waals surface area contributed by atoms with E-state index < -0.39 is 23.8 Å². The highest BCUT2D eigenvalue weighted by molar-refractivity contribution is 7.79. The summed E-state index contributed by atoms with van der Waals surface area (Å²) in [6.45, 7) is 1.98. The quantitative estimate of drug-likeness (QED) is 0.253. The van der Waals surface area contributed by atoms with Crippen LogP contribution in [-0.2, 0) is 20.5 Å². The van der Waals surface area contributed by atoms with Crippen LogP contribution in [0.25, 0.3) is 0 Å². The van der Waals surface area contributed by atoms with Crippen LogP contribution < -0.4 is 10.1 Å². The molecule has 2 aromatic carbocycles. The molecule has 0 aliphatic rings. The van der Waals surface area contributed by atoms with Gasteiger partial charge in [-0.3, -0.25) is 0 Å². The molecule has 0 fully saturated rings. The predicted molar refractivity (Wildman–Crippen MR) is 118 cm³/mol. The van der Waals surface area contributed by atoms with Gasteiger partial charge in [-0.2, -0.15) is 25.8 Å². The van der Waals surface area contributed by atoms with E-state index in [1.54, 1.807) is 37.6 Å². The van der Waals surface area contributed by atoms with Gasteiger partial charge in [-0.05, 0) is 50.6 Å². The molecule has 0 bridgehead atoms. The van der Waals surface area contributed by atoms with E-state index in [1.165, 1.54) is 19.1 Å². The third-order valence-electron chi connectivity index (χ3n) is 3.40. The number of ether oxygens (including phenoxy) is 2. The first kappa shape index (κ1) is 28.8. The van der Waals surface area contributed by atoms with Crippen LogP contribution in [-0.4, -0.2) is 38.7 Å². The van der Waals surface area contributed by atoms with Crippen LogP contribution in [0.4, 0.5) is 13.2 Å². The predicted octanol–water partition coefficient (Wildman–Crippen LogP) is 4.99. The Morgan fingerprint density at radius 2 is 1.77 bits per heavy atom. The minimum absolute atomic E-state index is 0.0923. The zero-order chi connectivity index (χ0) is 23.9. The maximum atomic E-state index is 12.9. The fourth-order valence-electron chi connectivity index (χ4n) is 2.10. The average Bonchev–Trinajstić information content (AvgIpc) is 2.74. The van der Waals surface area contributed by atoms with Gasteiger partial charge in [0.2, 0.25) is 6.10 Å². The second-order valence-electron chi connectivity index (χ2n) is 5.58. The van der Waals surface area contributed by atoms with Crippen molar-refractivity contribution < 1.29 is 32.2 Å². The van der Waals surface area contributed by atoms with Crippen LogP contribution in [0, 0.1) is 0 Å². The molecular formula is C21H25ClF3NO4S. The molecule has 1 N–H and O–H groups in total. The summed E-state index contributed by atoms with van der Waals surface area (Å²) in [6.07, 6.45) is -3.28. The maximum Gasteiger partial charge on any atom is 0.416 e. The Kier molecular flexibility index (Phi) is 14.4. The smallest absolute Gasteiger partial charge is 0.416 e. The van der Waals surface area contributed by atoms with Gasteiger partial charge in [-0.25, -0.2) is 4.79 Å². The van der Waals surface area contributed by atoms with Gasteiger partial charge in [-0.15, -0.1) is 0 Å². The van der Waals surface area contributed by atoms with Crippen LogP contribution >= 0.6 is 24.2 Å². The Labute approximate surface area is 190 Å². The van der Waals surface area contributed by atoms with E-state index in [4.69, 9.17) is 25.9 Å². The lowest BCUT2D eigenvalue weighted by Gasteiger charge is -2.19. The molecule has 172 valence electrons. The molecule has 0 aromatic heterocycles. The Hall–Kier alpha value is -2.23. The van der Waals surface area contributed by atoms with Crippen molar-refractivity contribution >= 4 is 36.5 Å². The number of halogens is 4. The molecular weight excluding hydrogens is 455 g/mol. The van der Waals surface area contributed by atoms with E-state index in [-0.39, 0.29) is 12.4 Å². The van der Waals surface area contributed by atoms with E-state index >= 15 is 0 Å². The van der Waals surface area contributed by atoms with Gasteiger partial charge in [0.05, 0.1) is 5.56 Å². The standard InChI is InChI=1S/C18H17ClF3NO3.C2H4O.CH4S/c1-23-9-10-25-17(24)16(12-5-7-14(19)8-6-12)26-15-4-2-3-13(11-15)18(20,21)22;1-2-3;1-2/h2-8,11,16,23H,9-10H2,1H3;2H,1H3;2H,1H3.